The highest BCUT2D eigenvalue weighted by molar-refractivity contribution is 6.74. The van der Waals surface area contributed by atoms with E-state index in [-0.39, 0.29) is 0 Å². The van der Waals surface area contributed by atoms with Crippen LogP contribution in [0, 0.1) is 11.8 Å². The normalized spacial score (nSPS) is 29.4. The molecule has 0 heterocycles. The van der Waals surface area contributed by atoms with Gasteiger partial charge in [0.15, 0.2) is 0 Å². The summed E-state index contributed by atoms with van der Waals surface area (Å²) < 4.78 is 6.59. The second-order valence-corrected chi connectivity index (χ2v) is 12.5. The summed E-state index contributed by atoms with van der Waals surface area (Å²) in [4.78, 5) is 0. The van der Waals surface area contributed by atoms with E-state index < -0.39 is 8.32 Å². The van der Waals surface area contributed by atoms with E-state index in [9.17, 15) is 0 Å². The fourth-order valence-electron chi connectivity index (χ4n) is 3.21. The summed E-state index contributed by atoms with van der Waals surface area (Å²) in [6.45, 7) is 14.1. The van der Waals surface area contributed by atoms with Crippen LogP contribution in [-0.2, 0) is 4.43 Å². The van der Waals surface area contributed by atoms with Crippen molar-refractivity contribution >= 4 is 8.32 Å². The van der Waals surface area contributed by atoms with Crippen molar-refractivity contribution in [1.82, 2.24) is 0 Å². The molecular weight excluding hydrogens is 236 g/mol. The largest absolute Gasteiger partial charge is 0.547 e. The van der Waals surface area contributed by atoms with Crippen LogP contribution in [0.5, 0.6) is 0 Å². The zero-order valence-corrected chi connectivity index (χ0v) is 14.1. The molecule has 2 rings (SSSR count). The Morgan fingerprint density at radius 3 is 2.28 bits per heavy atom. The van der Waals surface area contributed by atoms with Gasteiger partial charge in [-0.1, -0.05) is 33.6 Å². The third kappa shape index (κ3) is 2.54. The Morgan fingerprint density at radius 1 is 1.11 bits per heavy atom. The van der Waals surface area contributed by atoms with Gasteiger partial charge >= 0.3 is 0 Å². The standard InChI is InChI=1S/C16H30OSi/c1-12-14-10-8-7-9-13(14)11-15(12)17-18(5,6)16(2,3)4/h13-14H,7-11H2,1-6H3. The minimum atomic E-state index is -1.63. The molecule has 104 valence electrons. The third-order valence-electron chi connectivity index (χ3n) is 5.54. The maximum atomic E-state index is 6.59. The number of hydrogen-bond donors (Lipinski definition) is 0. The first-order chi connectivity index (χ1) is 8.22. The summed E-state index contributed by atoms with van der Waals surface area (Å²) in [6.07, 6.45) is 6.91. The minimum Gasteiger partial charge on any atom is -0.547 e. The van der Waals surface area contributed by atoms with Crippen molar-refractivity contribution in [3.05, 3.63) is 11.3 Å². The van der Waals surface area contributed by atoms with Crippen molar-refractivity contribution in [1.29, 1.82) is 0 Å². The highest BCUT2D eigenvalue weighted by Gasteiger charge is 2.42. The Kier molecular flexibility index (Phi) is 3.70. The highest BCUT2D eigenvalue weighted by atomic mass is 28.4. The van der Waals surface area contributed by atoms with Crippen LogP contribution in [-0.4, -0.2) is 8.32 Å². The maximum absolute atomic E-state index is 6.59. The van der Waals surface area contributed by atoms with E-state index in [4.69, 9.17) is 4.43 Å². The first kappa shape index (κ1) is 14.2. The van der Waals surface area contributed by atoms with Gasteiger partial charge in [0, 0.05) is 6.42 Å². The van der Waals surface area contributed by atoms with E-state index in [2.05, 4.69) is 40.8 Å². The molecule has 0 aromatic carbocycles. The number of rotatable bonds is 2. The molecule has 0 aliphatic heterocycles. The molecule has 2 atom stereocenters. The summed E-state index contributed by atoms with van der Waals surface area (Å²) in [5.74, 6) is 3.12. The monoisotopic (exact) mass is 266 g/mol. The van der Waals surface area contributed by atoms with Crippen LogP contribution in [0.15, 0.2) is 11.3 Å². The van der Waals surface area contributed by atoms with Gasteiger partial charge in [-0.2, -0.15) is 0 Å². The second kappa shape index (κ2) is 4.70. The maximum Gasteiger partial charge on any atom is 0.250 e. The van der Waals surface area contributed by atoms with Gasteiger partial charge in [0.25, 0.3) is 0 Å². The molecule has 2 aliphatic rings. The van der Waals surface area contributed by atoms with Crippen LogP contribution in [0.25, 0.3) is 0 Å². The molecule has 0 bridgehead atoms. The van der Waals surface area contributed by atoms with Gasteiger partial charge in [-0.25, -0.2) is 0 Å². The van der Waals surface area contributed by atoms with Gasteiger partial charge in [0.2, 0.25) is 8.32 Å². The van der Waals surface area contributed by atoms with Crippen LogP contribution >= 0.6 is 0 Å². The van der Waals surface area contributed by atoms with E-state index in [1.165, 1.54) is 37.9 Å². The highest BCUT2D eigenvalue weighted by Crippen LogP contribution is 2.48. The van der Waals surface area contributed by atoms with Gasteiger partial charge < -0.3 is 4.43 Å². The SMILES string of the molecule is CC1=C(O[Si](C)(C)C(C)(C)C)CC2CCCCC12. The molecule has 18 heavy (non-hydrogen) atoms. The molecule has 0 N–H and O–H groups in total. The summed E-state index contributed by atoms with van der Waals surface area (Å²) in [7, 11) is -1.63. The number of allylic oxidation sites excluding steroid dienone is 2. The molecule has 0 amide bonds. The van der Waals surface area contributed by atoms with E-state index >= 15 is 0 Å². The molecule has 1 nitrogen and oxygen atoms in total. The molecule has 0 saturated heterocycles. The Hall–Kier alpha value is -0.243. The molecular formula is C16H30OSi. The lowest BCUT2D eigenvalue weighted by atomic mass is 9.79. The van der Waals surface area contributed by atoms with Crippen LogP contribution < -0.4 is 0 Å². The molecule has 2 heteroatoms. The van der Waals surface area contributed by atoms with Gasteiger partial charge in [-0.15, -0.1) is 0 Å². The molecule has 0 aromatic rings. The number of fused-ring (bicyclic) bond motifs is 1. The summed E-state index contributed by atoms with van der Waals surface area (Å²) in [5.41, 5.74) is 1.59. The Labute approximate surface area is 114 Å². The first-order valence-corrected chi connectivity index (χ1v) is 10.5. The lowest BCUT2D eigenvalue weighted by Gasteiger charge is -2.37. The number of hydrogen-bond acceptors (Lipinski definition) is 1. The molecule has 2 aliphatic carbocycles. The zero-order valence-electron chi connectivity index (χ0n) is 13.1. The van der Waals surface area contributed by atoms with Gasteiger partial charge in [0.05, 0.1) is 5.76 Å². The fourth-order valence-corrected chi connectivity index (χ4v) is 4.38. The van der Waals surface area contributed by atoms with E-state index in [0.29, 0.717) is 5.04 Å². The Bertz CT molecular complexity index is 349. The minimum absolute atomic E-state index is 0.314. The van der Waals surface area contributed by atoms with Gasteiger partial charge in [-0.3, -0.25) is 0 Å². The molecule has 1 fully saturated rings. The summed E-state index contributed by atoms with van der Waals surface area (Å²) in [5, 5.41) is 0.314. The lowest BCUT2D eigenvalue weighted by Crippen LogP contribution is -2.40. The predicted molar refractivity (Wildman–Crippen MR) is 81.0 cm³/mol. The van der Waals surface area contributed by atoms with E-state index in [1.807, 2.05) is 0 Å². The van der Waals surface area contributed by atoms with Crippen molar-refractivity contribution < 1.29 is 4.43 Å². The van der Waals surface area contributed by atoms with Crippen molar-refractivity contribution in [2.75, 3.05) is 0 Å². The van der Waals surface area contributed by atoms with Crippen molar-refractivity contribution in [2.24, 2.45) is 11.8 Å². The summed E-state index contributed by atoms with van der Waals surface area (Å²) in [6, 6.07) is 0. The molecule has 0 radical (unpaired) electrons. The van der Waals surface area contributed by atoms with Crippen LogP contribution in [0.3, 0.4) is 0 Å². The zero-order chi connectivity index (χ0) is 13.6. The Morgan fingerprint density at radius 2 is 1.72 bits per heavy atom. The Balaban J connectivity index is 2.12. The van der Waals surface area contributed by atoms with Gasteiger partial charge in [-0.05, 0) is 55.3 Å². The van der Waals surface area contributed by atoms with Crippen LogP contribution in [0.1, 0.15) is 59.8 Å². The van der Waals surface area contributed by atoms with Gasteiger partial charge in [0.1, 0.15) is 0 Å². The smallest absolute Gasteiger partial charge is 0.250 e. The van der Waals surface area contributed by atoms with Crippen molar-refractivity contribution in [3.63, 3.8) is 0 Å². The van der Waals surface area contributed by atoms with Crippen molar-refractivity contribution in [2.45, 2.75) is 77.9 Å². The average Bonchev–Trinajstić information content (AvgIpc) is 2.54. The topological polar surface area (TPSA) is 9.23 Å². The fraction of sp³-hybridized carbons (Fsp3) is 0.875. The summed E-state index contributed by atoms with van der Waals surface area (Å²) >= 11 is 0. The molecule has 1 saturated carbocycles. The first-order valence-electron chi connectivity index (χ1n) is 7.61. The third-order valence-corrected chi connectivity index (χ3v) is 9.91. The van der Waals surface area contributed by atoms with Crippen molar-refractivity contribution in [3.8, 4) is 0 Å². The second-order valence-electron chi connectivity index (χ2n) is 7.82. The molecule has 0 spiro atoms. The van der Waals surface area contributed by atoms with E-state index in [1.54, 1.807) is 5.57 Å². The molecule has 0 aromatic heterocycles. The lowest BCUT2D eigenvalue weighted by molar-refractivity contribution is 0.281. The quantitative estimate of drug-likeness (QED) is 0.600. The molecule has 2 unspecified atom stereocenters. The average molecular weight is 267 g/mol. The van der Waals surface area contributed by atoms with Crippen LogP contribution in [0.4, 0.5) is 0 Å². The predicted octanol–water partition coefficient (Wildman–Crippen LogP) is 5.49. The van der Waals surface area contributed by atoms with E-state index in [0.717, 1.165) is 11.8 Å². The van der Waals surface area contributed by atoms with Crippen LogP contribution in [0.2, 0.25) is 18.1 Å².